The second-order valence-corrected chi connectivity index (χ2v) is 6.51. The van der Waals surface area contributed by atoms with E-state index in [0.717, 1.165) is 22.0 Å². The summed E-state index contributed by atoms with van der Waals surface area (Å²) < 4.78 is 7.21. The van der Waals surface area contributed by atoms with E-state index >= 15 is 0 Å². The fraction of sp³-hybridized carbons (Fsp3) is 0.500. The second-order valence-electron chi connectivity index (χ2n) is 5.56. The van der Waals surface area contributed by atoms with Gasteiger partial charge in [-0.1, -0.05) is 19.9 Å². The number of methoxy groups -OCH3 is 1. The standard InChI is InChI=1S/C16H24N4O2S/c1-11(2)14-12(16(22-4)20(3)19-14)10-17-7-8-18-15(21)13-6-5-9-23-13/h5-6,9,11,17H,7-8,10H2,1-4H3,(H,18,21). The molecule has 7 heteroatoms. The minimum atomic E-state index is -0.0244. The monoisotopic (exact) mass is 336 g/mol. The van der Waals surface area contributed by atoms with Crippen LogP contribution in [-0.4, -0.2) is 35.9 Å². The lowest BCUT2D eigenvalue weighted by molar-refractivity contribution is 0.0958. The largest absolute Gasteiger partial charge is 0.481 e. The molecule has 0 aliphatic carbocycles. The predicted octanol–water partition coefficient (Wildman–Crippen LogP) is 2.13. The zero-order chi connectivity index (χ0) is 16.8. The Kier molecular flexibility index (Phi) is 6.18. The molecule has 0 unspecified atom stereocenters. The van der Waals surface area contributed by atoms with Gasteiger partial charge in [-0.25, -0.2) is 4.68 Å². The Balaban J connectivity index is 1.83. The number of aryl methyl sites for hydroxylation is 1. The maximum absolute atomic E-state index is 11.8. The lowest BCUT2D eigenvalue weighted by Crippen LogP contribution is -2.31. The van der Waals surface area contributed by atoms with E-state index < -0.39 is 0 Å². The smallest absolute Gasteiger partial charge is 0.261 e. The number of hydrogen-bond acceptors (Lipinski definition) is 5. The van der Waals surface area contributed by atoms with Gasteiger partial charge in [0.2, 0.25) is 5.88 Å². The lowest BCUT2D eigenvalue weighted by atomic mass is 10.1. The molecule has 0 aromatic carbocycles. The summed E-state index contributed by atoms with van der Waals surface area (Å²) in [5.74, 6) is 1.09. The van der Waals surface area contributed by atoms with Crippen molar-refractivity contribution < 1.29 is 9.53 Å². The zero-order valence-corrected chi connectivity index (χ0v) is 14.9. The van der Waals surface area contributed by atoms with Crippen molar-refractivity contribution in [1.82, 2.24) is 20.4 Å². The summed E-state index contributed by atoms with van der Waals surface area (Å²) >= 11 is 1.44. The number of ether oxygens (including phenoxy) is 1. The van der Waals surface area contributed by atoms with E-state index in [-0.39, 0.29) is 5.91 Å². The molecule has 0 spiro atoms. The SMILES string of the molecule is COc1c(CNCCNC(=O)c2cccs2)c(C(C)C)nn1C. The van der Waals surface area contributed by atoms with Crippen LogP contribution < -0.4 is 15.4 Å². The molecule has 0 aliphatic rings. The van der Waals surface area contributed by atoms with Crippen LogP contribution >= 0.6 is 11.3 Å². The molecular weight excluding hydrogens is 312 g/mol. The molecule has 0 bridgehead atoms. The summed E-state index contributed by atoms with van der Waals surface area (Å²) in [6, 6.07) is 3.70. The molecule has 2 rings (SSSR count). The summed E-state index contributed by atoms with van der Waals surface area (Å²) in [6.45, 7) is 6.17. The lowest BCUT2D eigenvalue weighted by Gasteiger charge is -2.09. The number of amides is 1. The van der Waals surface area contributed by atoms with Crippen molar-refractivity contribution in [2.75, 3.05) is 20.2 Å². The van der Waals surface area contributed by atoms with Crippen LogP contribution in [0.3, 0.4) is 0 Å². The molecule has 0 saturated carbocycles. The summed E-state index contributed by atoms with van der Waals surface area (Å²) in [4.78, 5) is 12.6. The van der Waals surface area contributed by atoms with Gasteiger partial charge in [0, 0.05) is 26.7 Å². The molecule has 2 heterocycles. The van der Waals surface area contributed by atoms with Crippen LogP contribution in [0.2, 0.25) is 0 Å². The first-order chi connectivity index (χ1) is 11.0. The minimum Gasteiger partial charge on any atom is -0.481 e. The van der Waals surface area contributed by atoms with Crippen LogP contribution in [0.5, 0.6) is 5.88 Å². The molecule has 0 aliphatic heterocycles. The highest BCUT2D eigenvalue weighted by Crippen LogP contribution is 2.26. The van der Waals surface area contributed by atoms with Gasteiger partial charge in [-0.05, 0) is 17.4 Å². The highest BCUT2D eigenvalue weighted by Gasteiger charge is 2.18. The fourth-order valence-corrected chi connectivity index (χ4v) is 3.07. The predicted molar refractivity (Wildman–Crippen MR) is 92.2 cm³/mol. The molecule has 2 aromatic heterocycles. The van der Waals surface area contributed by atoms with Crippen molar-refractivity contribution >= 4 is 17.2 Å². The number of carbonyl (C=O) groups is 1. The molecule has 0 radical (unpaired) electrons. The second kappa shape index (κ2) is 8.12. The van der Waals surface area contributed by atoms with Crippen molar-refractivity contribution in [2.45, 2.75) is 26.3 Å². The average Bonchev–Trinajstić information content (AvgIpc) is 3.14. The van der Waals surface area contributed by atoms with Gasteiger partial charge in [-0.3, -0.25) is 4.79 Å². The van der Waals surface area contributed by atoms with Crippen LogP contribution in [0.25, 0.3) is 0 Å². The van der Waals surface area contributed by atoms with Crippen molar-refractivity contribution in [3.8, 4) is 5.88 Å². The summed E-state index contributed by atoms with van der Waals surface area (Å²) in [6.07, 6.45) is 0. The molecule has 2 N–H and O–H groups in total. The van der Waals surface area contributed by atoms with E-state index in [4.69, 9.17) is 4.74 Å². The molecule has 126 valence electrons. The fourth-order valence-electron chi connectivity index (χ4n) is 2.43. The number of hydrogen-bond donors (Lipinski definition) is 2. The molecule has 23 heavy (non-hydrogen) atoms. The molecule has 0 saturated heterocycles. The van der Waals surface area contributed by atoms with Gasteiger partial charge in [-0.15, -0.1) is 11.3 Å². The molecule has 2 aromatic rings. The van der Waals surface area contributed by atoms with Gasteiger partial charge in [0.15, 0.2) is 0 Å². The first-order valence-electron chi connectivity index (χ1n) is 7.66. The Morgan fingerprint density at radius 3 is 2.83 bits per heavy atom. The number of rotatable bonds is 8. The van der Waals surface area contributed by atoms with E-state index in [0.29, 0.717) is 25.6 Å². The summed E-state index contributed by atoms with van der Waals surface area (Å²) in [7, 11) is 3.54. The van der Waals surface area contributed by atoms with Gasteiger partial charge < -0.3 is 15.4 Å². The summed E-state index contributed by atoms with van der Waals surface area (Å²) in [5.41, 5.74) is 2.12. The molecular formula is C16H24N4O2S. The number of nitrogens with zero attached hydrogens (tertiary/aromatic N) is 2. The number of nitrogens with one attached hydrogen (secondary N) is 2. The van der Waals surface area contributed by atoms with Gasteiger partial charge in [0.05, 0.1) is 23.2 Å². The third-order valence-electron chi connectivity index (χ3n) is 3.49. The van der Waals surface area contributed by atoms with Crippen LogP contribution in [0.4, 0.5) is 0 Å². The Morgan fingerprint density at radius 2 is 2.22 bits per heavy atom. The van der Waals surface area contributed by atoms with E-state index in [1.807, 2.05) is 24.6 Å². The van der Waals surface area contributed by atoms with Crippen molar-refractivity contribution in [3.05, 3.63) is 33.6 Å². The zero-order valence-electron chi connectivity index (χ0n) is 14.0. The van der Waals surface area contributed by atoms with Crippen molar-refractivity contribution in [1.29, 1.82) is 0 Å². The number of thiophene rings is 1. The Morgan fingerprint density at radius 1 is 1.43 bits per heavy atom. The first-order valence-corrected chi connectivity index (χ1v) is 8.54. The van der Waals surface area contributed by atoms with E-state index in [9.17, 15) is 4.79 Å². The molecule has 0 fully saturated rings. The number of aromatic nitrogens is 2. The van der Waals surface area contributed by atoms with Crippen LogP contribution in [-0.2, 0) is 13.6 Å². The van der Waals surface area contributed by atoms with Crippen LogP contribution in [0, 0.1) is 0 Å². The third kappa shape index (κ3) is 4.33. The number of carbonyl (C=O) groups excluding carboxylic acids is 1. The quantitative estimate of drug-likeness (QED) is 0.725. The molecule has 0 atom stereocenters. The molecule has 6 nitrogen and oxygen atoms in total. The normalized spacial score (nSPS) is 11.0. The summed E-state index contributed by atoms with van der Waals surface area (Å²) in [5, 5.41) is 12.7. The van der Waals surface area contributed by atoms with Gasteiger partial charge >= 0.3 is 0 Å². The highest BCUT2D eigenvalue weighted by molar-refractivity contribution is 7.12. The highest BCUT2D eigenvalue weighted by atomic mass is 32.1. The third-order valence-corrected chi connectivity index (χ3v) is 4.36. The van der Waals surface area contributed by atoms with Gasteiger partial charge in [0.1, 0.15) is 0 Å². The Labute approximate surface area is 140 Å². The van der Waals surface area contributed by atoms with Crippen LogP contribution in [0.15, 0.2) is 17.5 Å². The van der Waals surface area contributed by atoms with Crippen molar-refractivity contribution in [2.24, 2.45) is 7.05 Å². The van der Waals surface area contributed by atoms with E-state index in [1.54, 1.807) is 11.8 Å². The first kappa shape index (κ1) is 17.5. The maximum Gasteiger partial charge on any atom is 0.261 e. The molecule has 1 amide bonds. The topological polar surface area (TPSA) is 68.2 Å². The van der Waals surface area contributed by atoms with Crippen molar-refractivity contribution in [3.63, 3.8) is 0 Å². The minimum absolute atomic E-state index is 0.0244. The van der Waals surface area contributed by atoms with Gasteiger partial charge in [0.25, 0.3) is 5.91 Å². The van der Waals surface area contributed by atoms with E-state index in [2.05, 4.69) is 29.6 Å². The Bertz CT molecular complexity index is 635. The Hall–Kier alpha value is -1.86. The van der Waals surface area contributed by atoms with Crippen LogP contribution in [0.1, 0.15) is 40.7 Å². The van der Waals surface area contributed by atoms with E-state index in [1.165, 1.54) is 11.3 Å². The average molecular weight is 336 g/mol. The van der Waals surface area contributed by atoms with Gasteiger partial charge in [-0.2, -0.15) is 5.10 Å². The maximum atomic E-state index is 11.8.